The highest BCUT2D eigenvalue weighted by Gasteiger charge is 2.06. The smallest absolute Gasteiger partial charge is 0.238 e. The van der Waals surface area contributed by atoms with E-state index in [0.29, 0.717) is 0 Å². The highest BCUT2D eigenvalue weighted by molar-refractivity contribution is 7.89. The molecular weight excluding hydrogens is 272 g/mol. The van der Waals surface area contributed by atoms with E-state index in [0.717, 1.165) is 18.7 Å². The Bertz CT molecular complexity index is 469. The Morgan fingerprint density at radius 2 is 1.60 bits per heavy atom. The number of hydrogen-bond donors (Lipinski definition) is 2. The van der Waals surface area contributed by atoms with E-state index in [1.54, 1.807) is 24.3 Å². The summed E-state index contributed by atoms with van der Waals surface area (Å²) < 4.78 is 22.2. The standard InChI is InChI=1S/C15H26N2O2S/c1-2-3-4-5-6-7-12-17-13-14-8-10-15(11-9-14)20(16,18)19/h8-11,17H,2-7,12-13H2,1H3,(H2,16,18,19). The van der Waals surface area contributed by atoms with E-state index < -0.39 is 10.0 Å². The molecule has 5 heteroatoms. The first kappa shape index (κ1) is 17.1. The lowest BCUT2D eigenvalue weighted by molar-refractivity contribution is 0.572. The van der Waals surface area contributed by atoms with E-state index in [1.165, 1.54) is 38.5 Å². The summed E-state index contributed by atoms with van der Waals surface area (Å²) in [5, 5.41) is 8.42. The third-order valence-electron chi connectivity index (χ3n) is 3.29. The Hall–Kier alpha value is -0.910. The van der Waals surface area contributed by atoms with Gasteiger partial charge in [0.1, 0.15) is 0 Å². The molecular formula is C15H26N2O2S. The van der Waals surface area contributed by atoms with Gasteiger partial charge in [-0.25, -0.2) is 13.6 Å². The first-order chi connectivity index (χ1) is 9.54. The molecule has 0 saturated heterocycles. The first-order valence-electron chi connectivity index (χ1n) is 7.36. The van der Waals surface area contributed by atoms with Crippen LogP contribution in [0.15, 0.2) is 29.2 Å². The molecule has 0 heterocycles. The van der Waals surface area contributed by atoms with Crippen molar-refractivity contribution < 1.29 is 8.42 Å². The summed E-state index contributed by atoms with van der Waals surface area (Å²) in [4.78, 5) is 0.164. The first-order valence-corrected chi connectivity index (χ1v) is 8.91. The van der Waals surface area contributed by atoms with Crippen molar-refractivity contribution in [3.63, 3.8) is 0 Å². The Morgan fingerprint density at radius 1 is 1.00 bits per heavy atom. The van der Waals surface area contributed by atoms with Crippen LogP contribution in [0.3, 0.4) is 0 Å². The van der Waals surface area contributed by atoms with Gasteiger partial charge in [0, 0.05) is 6.54 Å². The highest BCUT2D eigenvalue weighted by Crippen LogP contribution is 2.09. The van der Waals surface area contributed by atoms with Gasteiger partial charge in [0.2, 0.25) is 10.0 Å². The number of rotatable bonds is 10. The minimum absolute atomic E-state index is 0.164. The van der Waals surface area contributed by atoms with Gasteiger partial charge in [0.25, 0.3) is 0 Å². The van der Waals surface area contributed by atoms with Crippen molar-refractivity contribution in [2.24, 2.45) is 5.14 Å². The Kier molecular flexibility index (Phi) is 7.80. The fourth-order valence-corrected chi connectivity index (χ4v) is 2.58. The predicted octanol–water partition coefficient (Wildman–Crippen LogP) is 2.78. The number of nitrogens with two attached hydrogens (primary N) is 1. The third-order valence-corrected chi connectivity index (χ3v) is 4.22. The molecule has 0 aliphatic heterocycles. The van der Waals surface area contributed by atoms with Gasteiger partial charge in [0.15, 0.2) is 0 Å². The van der Waals surface area contributed by atoms with Crippen molar-refractivity contribution in [2.45, 2.75) is 56.9 Å². The van der Waals surface area contributed by atoms with Crippen molar-refractivity contribution in [1.29, 1.82) is 0 Å². The van der Waals surface area contributed by atoms with Crippen molar-refractivity contribution in [3.8, 4) is 0 Å². The van der Waals surface area contributed by atoms with Gasteiger partial charge in [-0.3, -0.25) is 0 Å². The maximum Gasteiger partial charge on any atom is 0.238 e. The van der Waals surface area contributed by atoms with Gasteiger partial charge in [-0.15, -0.1) is 0 Å². The number of hydrogen-bond acceptors (Lipinski definition) is 3. The average molecular weight is 298 g/mol. The van der Waals surface area contributed by atoms with Gasteiger partial charge in [-0.1, -0.05) is 51.2 Å². The van der Waals surface area contributed by atoms with Crippen molar-refractivity contribution in [3.05, 3.63) is 29.8 Å². The minimum Gasteiger partial charge on any atom is -0.313 e. The second-order valence-corrected chi connectivity index (χ2v) is 6.69. The minimum atomic E-state index is -3.58. The molecule has 0 aliphatic carbocycles. The molecule has 0 bridgehead atoms. The van der Waals surface area contributed by atoms with Crippen LogP contribution >= 0.6 is 0 Å². The monoisotopic (exact) mass is 298 g/mol. The van der Waals surface area contributed by atoms with Gasteiger partial charge in [-0.05, 0) is 30.7 Å². The number of unbranched alkanes of at least 4 members (excludes halogenated alkanes) is 5. The Labute approximate surface area is 122 Å². The van der Waals surface area contributed by atoms with Crippen LogP contribution in [-0.2, 0) is 16.6 Å². The molecule has 0 aliphatic rings. The van der Waals surface area contributed by atoms with E-state index in [9.17, 15) is 8.42 Å². The van der Waals surface area contributed by atoms with E-state index in [-0.39, 0.29) is 4.90 Å². The number of sulfonamides is 1. The summed E-state index contributed by atoms with van der Waals surface area (Å²) in [5.74, 6) is 0. The fraction of sp³-hybridized carbons (Fsp3) is 0.600. The zero-order valence-electron chi connectivity index (χ0n) is 12.3. The van der Waals surface area contributed by atoms with Crippen molar-refractivity contribution in [1.82, 2.24) is 5.32 Å². The molecule has 0 aromatic heterocycles. The molecule has 1 rings (SSSR count). The lowest BCUT2D eigenvalue weighted by atomic mass is 10.1. The van der Waals surface area contributed by atoms with Crippen LogP contribution in [0.4, 0.5) is 0 Å². The molecule has 114 valence electrons. The van der Waals surface area contributed by atoms with Crippen LogP contribution in [0.25, 0.3) is 0 Å². The van der Waals surface area contributed by atoms with Crippen LogP contribution < -0.4 is 10.5 Å². The zero-order valence-corrected chi connectivity index (χ0v) is 13.1. The maximum absolute atomic E-state index is 11.1. The lowest BCUT2D eigenvalue weighted by Crippen LogP contribution is -2.15. The maximum atomic E-state index is 11.1. The van der Waals surface area contributed by atoms with Crippen molar-refractivity contribution >= 4 is 10.0 Å². The van der Waals surface area contributed by atoms with E-state index in [4.69, 9.17) is 5.14 Å². The van der Waals surface area contributed by atoms with E-state index in [2.05, 4.69) is 12.2 Å². The average Bonchev–Trinajstić information content (AvgIpc) is 2.41. The van der Waals surface area contributed by atoms with Gasteiger partial charge < -0.3 is 5.32 Å². The summed E-state index contributed by atoms with van der Waals surface area (Å²) in [6.07, 6.45) is 7.75. The predicted molar refractivity (Wildman–Crippen MR) is 82.9 cm³/mol. The summed E-state index contributed by atoms with van der Waals surface area (Å²) in [7, 11) is -3.58. The summed E-state index contributed by atoms with van der Waals surface area (Å²) in [6, 6.07) is 6.70. The summed E-state index contributed by atoms with van der Waals surface area (Å²) in [5.41, 5.74) is 1.07. The van der Waals surface area contributed by atoms with Crippen LogP contribution in [0, 0.1) is 0 Å². The van der Waals surface area contributed by atoms with Crippen LogP contribution in [0.5, 0.6) is 0 Å². The molecule has 0 amide bonds. The van der Waals surface area contributed by atoms with E-state index >= 15 is 0 Å². The number of nitrogens with one attached hydrogen (secondary N) is 1. The second kappa shape index (κ2) is 9.10. The van der Waals surface area contributed by atoms with Crippen LogP contribution in [-0.4, -0.2) is 15.0 Å². The summed E-state index contributed by atoms with van der Waals surface area (Å²) >= 11 is 0. The van der Waals surface area contributed by atoms with Gasteiger partial charge in [0.05, 0.1) is 4.90 Å². The van der Waals surface area contributed by atoms with Crippen LogP contribution in [0.1, 0.15) is 51.0 Å². The largest absolute Gasteiger partial charge is 0.313 e. The lowest BCUT2D eigenvalue weighted by Gasteiger charge is -2.06. The zero-order chi connectivity index (χ0) is 14.8. The molecule has 1 aromatic rings. The molecule has 1 aromatic carbocycles. The molecule has 0 saturated carbocycles. The van der Waals surface area contributed by atoms with Gasteiger partial charge in [-0.2, -0.15) is 0 Å². The van der Waals surface area contributed by atoms with E-state index in [1.807, 2.05) is 0 Å². The fourth-order valence-electron chi connectivity index (χ4n) is 2.06. The Balaban J connectivity index is 2.16. The SMILES string of the molecule is CCCCCCCCNCc1ccc(S(N)(=O)=O)cc1. The molecule has 4 nitrogen and oxygen atoms in total. The Morgan fingerprint density at radius 3 is 2.20 bits per heavy atom. The molecule has 0 unspecified atom stereocenters. The third kappa shape index (κ3) is 7.03. The normalized spacial score (nSPS) is 11.7. The number of benzene rings is 1. The molecule has 0 radical (unpaired) electrons. The topological polar surface area (TPSA) is 72.2 Å². The molecule has 20 heavy (non-hydrogen) atoms. The molecule has 0 spiro atoms. The van der Waals surface area contributed by atoms with Gasteiger partial charge >= 0.3 is 0 Å². The van der Waals surface area contributed by atoms with Crippen molar-refractivity contribution in [2.75, 3.05) is 6.54 Å². The second-order valence-electron chi connectivity index (χ2n) is 5.13. The van der Waals surface area contributed by atoms with Crippen LogP contribution in [0.2, 0.25) is 0 Å². The highest BCUT2D eigenvalue weighted by atomic mass is 32.2. The quantitative estimate of drug-likeness (QED) is 0.652. The summed E-state index contributed by atoms with van der Waals surface area (Å²) in [6.45, 7) is 3.99. The molecule has 0 atom stereocenters. The molecule has 3 N–H and O–H groups in total. The molecule has 0 fully saturated rings. The number of primary sulfonamides is 1.